The van der Waals surface area contributed by atoms with Gasteiger partial charge in [-0.05, 0) is 66.8 Å². The molecule has 0 aromatic heterocycles. The highest BCUT2D eigenvalue weighted by molar-refractivity contribution is 6.05. The van der Waals surface area contributed by atoms with E-state index in [1.54, 1.807) is 30.3 Å². The van der Waals surface area contributed by atoms with Crippen LogP contribution >= 0.6 is 0 Å². The molecule has 0 spiro atoms. The molecule has 5 rings (SSSR count). The third-order valence-corrected chi connectivity index (χ3v) is 9.34. The summed E-state index contributed by atoms with van der Waals surface area (Å²) in [6.07, 6.45) is 2.77. The van der Waals surface area contributed by atoms with Gasteiger partial charge in [0.25, 0.3) is 0 Å². The molecule has 0 saturated carbocycles. The Morgan fingerprint density at radius 1 is 0.778 bits per heavy atom. The first-order chi connectivity index (χ1) is 26.2. The van der Waals surface area contributed by atoms with Crippen LogP contribution in [0.25, 0.3) is 10.8 Å². The maximum absolute atomic E-state index is 14.1. The number of fused-ring (bicyclic) bond motifs is 1. The van der Waals surface area contributed by atoms with Crippen molar-refractivity contribution in [2.75, 3.05) is 25.1 Å². The summed E-state index contributed by atoms with van der Waals surface area (Å²) in [6, 6.07) is 26.0. The van der Waals surface area contributed by atoms with E-state index in [9.17, 15) is 24.3 Å². The van der Waals surface area contributed by atoms with Crippen LogP contribution in [0.5, 0.6) is 5.75 Å². The smallest absolute Gasteiger partial charge is 0.249 e. The topological polar surface area (TPSA) is 210 Å². The Hall–Kier alpha value is -5.95. The number of hydrogen-bond donors (Lipinski definition) is 7. The summed E-state index contributed by atoms with van der Waals surface area (Å²) in [6.45, 7) is 0.376. The number of nitrogens with two attached hydrogens (primary N) is 2. The molecular weight excluding hydrogens is 686 g/mol. The lowest BCUT2D eigenvalue weighted by Gasteiger charge is -2.27. The highest BCUT2D eigenvalue weighted by Gasteiger charge is 2.32. The molecule has 9 N–H and O–H groups in total. The van der Waals surface area contributed by atoms with E-state index in [4.69, 9.17) is 16.2 Å². The molecule has 0 radical (unpaired) electrons. The van der Waals surface area contributed by atoms with Crippen LogP contribution < -0.4 is 32.7 Å². The van der Waals surface area contributed by atoms with E-state index >= 15 is 0 Å². The third-order valence-electron chi connectivity index (χ3n) is 9.34. The van der Waals surface area contributed by atoms with Gasteiger partial charge in [-0.1, -0.05) is 85.3 Å². The summed E-state index contributed by atoms with van der Waals surface area (Å²) < 4.78 is 5.96. The Balaban J connectivity index is 1.42. The van der Waals surface area contributed by atoms with Crippen LogP contribution in [-0.4, -0.2) is 72.6 Å². The first-order valence-electron chi connectivity index (χ1n) is 18.3. The van der Waals surface area contributed by atoms with Crippen molar-refractivity contribution in [3.05, 3.63) is 108 Å². The van der Waals surface area contributed by atoms with Gasteiger partial charge in [-0.25, -0.2) is 0 Å². The number of carbonyl (C=O) groups excluding carboxylic acids is 4. The van der Waals surface area contributed by atoms with Crippen LogP contribution in [0.2, 0.25) is 0 Å². The molecule has 4 atom stereocenters. The minimum Gasteiger partial charge on any atom is -0.508 e. The predicted octanol–water partition coefficient (Wildman–Crippen LogP) is 3.29. The van der Waals surface area contributed by atoms with Crippen LogP contribution in [-0.2, 0) is 36.8 Å². The zero-order valence-corrected chi connectivity index (χ0v) is 30.2. The first kappa shape index (κ1) is 39.3. The van der Waals surface area contributed by atoms with Crippen LogP contribution in [0.4, 0.5) is 5.69 Å². The fourth-order valence-corrected chi connectivity index (χ4v) is 6.44. The van der Waals surface area contributed by atoms with Crippen molar-refractivity contribution >= 4 is 46.0 Å². The average molecular weight is 736 g/mol. The van der Waals surface area contributed by atoms with Gasteiger partial charge in [0.2, 0.25) is 23.6 Å². The number of benzene rings is 4. The Morgan fingerprint density at radius 2 is 1.46 bits per heavy atom. The van der Waals surface area contributed by atoms with E-state index in [0.717, 1.165) is 21.9 Å². The van der Waals surface area contributed by atoms with Gasteiger partial charge in [0, 0.05) is 36.6 Å². The van der Waals surface area contributed by atoms with Crippen LogP contribution in [0.15, 0.2) is 102 Å². The van der Waals surface area contributed by atoms with Crippen LogP contribution in [0.1, 0.15) is 43.2 Å². The molecular formula is C41H49N7O6. The molecule has 4 aromatic rings. The number of amides is 4. The number of ether oxygens (including phenoxy) is 1. The number of aromatic hydroxyl groups is 1. The zero-order valence-electron chi connectivity index (χ0n) is 30.2. The standard InChI is InChI=1S/C41H49N7O6/c42-41(43)44-22-9-17-34-38(51)48-36(40(53)45-33-16-8-14-29-12-4-5-15-32(29)33)26-54-23-7-6-13-30(24-28-18-20-31(49)21-19-28)37(50)47-35(39(52)46-34)25-27-10-2-1-3-11-27/h1-5,8,10-12,14-16,18-21,30,34-36,49H,6-7,9,13,17,22-26H2,(H,45,53)(H,46,52)(H,47,50)(H,48,51)(H4,42,43,44)/t30-,34+,35-,36+/m1/s1. The normalized spacial score (nSPS) is 20.3. The highest BCUT2D eigenvalue weighted by atomic mass is 16.5. The molecule has 1 heterocycles. The quantitative estimate of drug-likeness (QED) is 0.0728. The van der Waals surface area contributed by atoms with Gasteiger partial charge >= 0.3 is 0 Å². The molecule has 1 fully saturated rings. The lowest BCUT2D eigenvalue weighted by Crippen LogP contribution is -2.57. The van der Waals surface area contributed by atoms with Crippen molar-refractivity contribution in [2.45, 2.75) is 63.1 Å². The monoisotopic (exact) mass is 735 g/mol. The van der Waals surface area contributed by atoms with E-state index in [0.29, 0.717) is 37.8 Å². The van der Waals surface area contributed by atoms with Crippen molar-refractivity contribution in [1.82, 2.24) is 16.0 Å². The van der Waals surface area contributed by atoms with Gasteiger partial charge in [0.15, 0.2) is 5.96 Å². The Bertz CT molecular complexity index is 1890. The maximum Gasteiger partial charge on any atom is 0.249 e. The predicted molar refractivity (Wildman–Crippen MR) is 208 cm³/mol. The van der Waals surface area contributed by atoms with E-state index < -0.39 is 41.8 Å². The molecule has 4 aromatic carbocycles. The van der Waals surface area contributed by atoms with Gasteiger partial charge in [-0.2, -0.15) is 0 Å². The van der Waals surface area contributed by atoms with Gasteiger partial charge < -0.3 is 42.6 Å². The largest absolute Gasteiger partial charge is 0.508 e. The van der Waals surface area contributed by atoms with E-state index in [1.807, 2.05) is 66.7 Å². The number of hydrogen-bond acceptors (Lipinski definition) is 7. The summed E-state index contributed by atoms with van der Waals surface area (Å²) in [4.78, 5) is 60.0. The second-order valence-corrected chi connectivity index (χ2v) is 13.5. The van der Waals surface area contributed by atoms with E-state index in [-0.39, 0.29) is 50.2 Å². The van der Waals surface area contributed by atoms with Gasteiger partial charge in [0.1, 0.15) is 23.9 Å². The van der Waals surface area contributed by atoms with Gasteiger partial charge in [-0.3, -0.25) is 24.2 Å². The Kier molecular flexibility index (Phi) is 14.4. The molecule has 4 amide bonds. The summed E-state index contributed by atoms with van der Waals surface area (Å²) in [5.74, 6) is -2.41. The molecule has 1 aliphatic rings. The molecule has 0 aliphatic carbocycles. The minimum absolute atomic E-state index is 0.101. The zero-order chi connectivity index (χ0) is 38.3. The lowest BCUT2D eigenvalue weighted by molar-refractivity contribution is -0.134. The number of phenols is 1. The number of aliphatic imine (C=N–C) groups is 1. The number of guanidine groups is 1. The van der Waals surface area contributed by atoms with Crippen molar-refractivity contribution in [1.29, 1.82) is 0 Å². The summed E-state index contributed by atoms with van der Waals surface area (Å²) in [5.41, 5.74) is 13.3. The molecule has 54 heavy (non-hydrogen) atoms. The second-order valence-electron chi connectivity index (χ2n) is 13.5. The second kappa shape index (κ2) is 19.8. The highest BCUT2D eigenvalue weighted by Crippen LogP contribution is 2.23. The average Bonchev–Trinajstić information content (AvgIpc) is 3.16. The van der Waals surface area contributed by atoms with Gasteiger partial charge in [0.05, 0.1) is 6.61 Å². The fourth-order valence-electron chi connectivity index (χ4n) is 6.44. The number of anilines is 1. The SMILES string of the molecule is NC(N)=NCCC[C@@H]1NC(=O)[C@@H](Cc2ccccc2)NC(=O)[C@@H](Cc2ccc(O)cc2)CCCCOC[C@@H](C(=O)Nc2cccc3ccccc23)NC1=O. The van der Waals surface area contributed by atoms with E-state index in [2.05, 4.69) is 26.3 Å². The molecule has 1 saturated heterocycles. The van der Waals surface area contributed by atoms with Crippen molar-refractivity contribution < 1.29 is 29.0 Å². The molecule has 0 bridgehead atoms. The summed E-state index contributed by atoms with van der Waals surface area (Å²) in [5, 5.41) is 23.2. The van der Waals surface area contributed by atoms with Crippen molar-refractivity contribution in [2.24, 2.45) is 22.4 Å². The Labute approximate surface area is 314 Å². The number of nitrogens with one attached hydrogen (secondary N) is 4. The maximum atomic E-state index is 14.1. The molecule has 13 heteroatoms. The molecule has 1 aliphatic heterocycles. The van der Waals surface area contributed by atoms with Crippen molar-refractivity contribution in [3.8, 4) is 5.75 Å². The molecule has 0 unspecified atom stereocenters. The summed E-state index contributed by atoms with van der Waals surface area (Å²) >= 11 is 0. The van der Waals surface area contributed by atoms with Gasteiger partial charge in [-0.15, -0.1) is 0 Å². The molecule has 284 valence electrons. The van der Waals surface area contributed by atoms with E-state index in [1.165, 1.54) is 0 Å². The number of rotatable bonds is 10. The minimum atomic E-state index is -1.10. The number of nitrogens with zero attached hydrogens (tertiary/aromatic N) is 1. The first-order valence-corrected chi connectivity index (χ1v) is 18.3. The van der Waals surface area contributed by atoms with Crippen LogP contribution in [0.3, 0.4) is 0 Å². The van der Waals surface area contributed by atoms with Crippen molar-refractivity contribution in [3.63, 3.8) is 0 Å². The third kappa shape index (κ3) is 11.8. The number of phenolic OH excluding ortho intramolecular Hbond substituents is 1. The molecule has 13 nitrogen and oxygen atoms in total. The lowest BCUT2D eigenvalue weighted by atomic mass is 9.92. The van der Waals surface area contributed by atoms with Crippen LogP contribution in [0, 0.1) is 5.92 Å². The fraction of sp³-hybridized carbons (Fsp3) is 0.341. The summed E-state index contributed by atoms with van der Waals surface area (Å²) in [7, 11) is 0. The Morgan fingerprint density at radius 3 is 2.24 bits per heavy atom. The number of carbonyl (C=O) groups is 4.